The highest BCUT2D eigenvalue weighted by molar-refractivity contribution is 7.91. The minimum Gasteiger partial charge on any atom is -0.326 e. The molecule has 2 aromatic rings. The van der Waals surface area contributed by atoms with Gasteiger partial charge in [-0.3, -0.25) is 0 Å². The number of aldehydes is 1. The maximum absolute atomic E-state index is 13.4. The van der Waals surface area contributed by atoms with Crippen LogP contribution in [-0.4, -0.2) is 45.0 Å². The molecule has 3 rings (SSSR count). The van der Waals surface area contributed by atoms with Crippen LogP contribution in [-0.2, 0) is 21.2 Å². The van der Waals surface area contributed by atoms with Crippen LogP contribution in [0.1, 0.15) is 17.0 Å². The van der Waals surface area contributed by atoms with Crippen molar-refractivity contribution < 1.29 is 22.0 Å². The number of halogens is 2. The van der Waals surface area contributed by atoms with Crippen molar-refractivity contribution in [3.8, 4) is 0 Å². The maximum atomic E-state index is 13.4. The van der Waals surface area contributed by atoms with Crippen molar-refractivity contribution in [1.82, 2.24) is 4.90 Å². The zero-order chi connectivity index (χ0) is 20.3. The van der Waals surface area contributed by atoms with E-state index < -0.39 is 27.4 Å². The smallest absolute Gasteiger partial charge is 0.178 e. The van der Waals surface area contributed by atoms with Gasteiger partial charge in [0.15, 0.2) is 9.84 Å². The number of hydrogen-bond acceptors (Lipinski definition) is 5. The van der Waals surface area contributed by atoms with Gasteiger partial charge in [-0.05, 0) is 53.4 Å². The highest BCUT2D eigenvalue weighted by Gasteiger charge is 2.33. The third-order valence-corrected chi connectivity index (χ3v) is 6.90. The summed E-state index contributed by atoms with van der Waals surface area (Å²) in [6, 6.07) is 9.02. The summed E-state index contributed by atoms with van der Waals surface area (Å²) in [5.41, 5.74) is 6.95. The Labute approximate surface area is 163 Å². The second kappa shape index (κ2) is 8.46. The van der Waals surface area contributed by atoms with Gasteiger partial charge in [0.2, 0.25) is 0 Å². The van der Waals surface area contributed by atoms with Gasteiger partial charge in [-0.25, -0.2) is 17.2 Å². The molecule has 5 nitrogen and oxygen atoms in total. The summed E-state index contributed by atoms with van der Waals surface area (Å²) in [5.74, 6) is -1.40. The number of benzene rings is 2. The average molecular weight is 408 g/mol. The second-order valence-corrected chi connectivity index (χ2v) is 9.14. The fraction of sp³-hybridized carbons (Fsp3) is 0.350. The molecular weight excluding hydrogens is 386 g/mol. The molecule has 1 saturated heterocycles. The zero-order valence-corrected chi connectivity index (χ0v) is 16.0. The lowest BCUT2D eigenvalue weighted by Crippen LogP contribution is -2.50. The molecule has 0 amide bonds. The first-order valence-electron chi connectivity index (χ1n) is 8.96. The molecule has 1 unspecified atom stereocenters. The van der Waals surface area contributed by atoms with Crippen LogP contribution >= 0.6 is 0 Å². The highest BCUT2D eigenvalue weighted by atomic mass is 32.2. The van der Waals surface area contributed by atoms with Crippen LogP contribution in [0.5, 0.6) is 0 Å². The minimum atomic E-state index is -3.48. The van der Waals surface area contributed by atoms with Gasteiger partial charge in [0.1, 0.15) is 17.9 Å². The van der Waals surface area contributed by atoms with Gasteiger partial charge >= 0.3 is 0 Å². The molecule has 1 aliphatic heterocycles. The molecule has 1 atom stereocenters. The molecule has 0 saturated carbocycles. The minimum absolute atomic E-state index is 0.0223. The van der Waals surface area contributed by atoms with Gasteiger partial charge in [0.25, 0.3) is 0 Å². The van der Waals surface area contributed by atoms with Crippen LogP contribution < -0.4 is 5.73 Å². The number of rotatable bonds is 8. The molecule has 150 valence electrons. The first-order valence-corrected chi connectivity index (χ1v) is 10.6. The third-order valence-electron chi connectivity index (χ3n) is 5.00. The van der Waals surface area contributed by atoms with Crippen molar-refractivity contribution in [3.05, 3.63) is 65.2 Å². The summed E-state index contributed by atoms with van der Waals surface area (Å²) in [6.07, 6.45) is 0.814. The molecule has 1 fully saturated rings. The summed E-state index contributed by atoms with van der Waals surface area (Å²) >= 11 is 0. The van der Waals surface area contributed by atoms with Gasteiger partial charge < -0.3 is 15.4 Å². The average Bonchev–Trinajstić information content (AvgIpc) is 2.64. The predicted molar refractivity (Wildman–Crippen MR) is 101 cm³/mol. The van der Waals surface area contributed by atoms with E-state index in [0.29, 0.717) is 30.8 Å². The fourth-order valence-corrected chi connectivity index (χ4v) is 5.16. The molecule has 8 heteroatoms. The number of nitrogens with zero attached hydrogens (tertiary/aromatic N) is 1. The number of likely N-dealkylation sites (tertiary alicyclic amines) is 1. The Bertz CT molecular complexity index is 942. The molecule has 28 heavy (non-hydrogen) atoms. The largest absolute Gasteiger partial charge is 0.326 e. The normalized spacial score (nSPS) is 16.5. The van der Waals surface area contributed by atoms with E-state index in [1.807, 2.05) is 4.90 Å². The Morgan fingerprint density at radius 2 is 1.75 bits per heavy atom. The highest BCUT2D eigenvalue weighted by Crippen LogP contribution is 2.26. The van der Waals surface area contributed by atoms with E-state index in [1.54, 1.807) is 6.07 Å². The summed E-state index contributed by atoms with van der Waals surface area (Å²) in [4.78, 5) is 13.7. The topological polar surface area (TPSA) is 80.5 Å². The van der Waals surface area contributed by atoms with Crippen LogP contribution in [0.3, 0.4) is 0 Å². The Morgan fingerprint density at radius 3 is 2.36 bits per heavy atom. The molecule has 2 aromatic carbocycles. The fourth-order valence-electron chi connectivity index (χ4n) is 3.59. The van der Waals surface area contributed by atoms with E-state index >= 15 is 0 Å². The Hall–Kier alpha value is -2.16. The number of hydrogen-bond donors (Lipinski definition) is 1. The van der Waals surface area contributed by atoms with Crippen molar-refractivity contribution in [2.45, 2.75) is 17.4 Å². The van der Waals surface area contributed by atoms with Crippen molar-refractivity contribution >= 4 is 16.1 Å². The van der Waals surface area contributed by atoms with Crippen LogP contribution in [0.25, 0.3) is 0 Å². The third kappa shape index (κ3) is 4.63. The molecule has 2 N–H and O–H groups in total. The van der Waals surface area contributed by atoms with Crippen LogP contribution in [0.4, 0.5) is 8.78 Å². The van der Waals surface area contributed by atoms with Gasteiger partial charge in [-0.15, -0.1) is 0 Å². The standard InChI is InChI=1S/C20H22F2N2O3S/c21-17-1-4-19(5-2-17)28(26,27)13-14-9-24(10-14)11-16(12-25)20-6-3-18(22)7-15(20)8-23/h1-7,12,14,16H,8-11,13,23H2. The molecule has 1 aliphatic rings. The Morgan fingerprint density at radius 1 is 1.11 bits per heavy atom. The number of carbonyl (C=O) groups is 1. The number of carbonyl (C=O) groups excluding carboxylic acids is 1. The van der Waals surface area contributed by atoms with E-state index in [2.05, 4.69) is 0 Å². The second-order valence-electron chi connectivity index (χ2n) is 7.11. The Balaban J connectivity index is 1.59. The van der Waals surface area contributed by atoms with Gasteiger partial charge in [-0.1, -0.05) is 6.07 Å². The summed E-state index contributed by atoms with van der Waals surface area (Å²) in [6.45, 7) is 1.65. The van der Waals surface area contributed by atoms with E-state index in [9.17, 15) is 22.0 Å². The van der Waals surface area contributed by atoms with Gasteiger partial charge in [0, 0.05) is 26.2 Å². The van der Waals surface area contributed by atoms with E-state index in [4.69, 9.17) is 5.73 Å². The summed E-state index contributed by atoms with van der Waals surface area (Å²) < 4.78 is 51.2. The van der Waals surface area contributed by atoms with E-state index in [-0.39, 0.29) is 23.1 Å². The van der Waals surface area contributed by atoms with Crippen molar-refractivity contribution in [2.75, 3.05) is 25.4 Å². The lowest BCUT2D eigenvalue weighted by molar-refractivity contribution is -0.109. The first kappa shape index (κ1) is 20.6. The van der Waals surface area contributed by atoms with Crippen LogP contribution in [0.2, 0.25) is 0 Å². The summed E-state index contributed by atoms with van der Waals surface area (Å²) in [7, 11) is -3.48. The molecular formula is C20H22F2N2O3S. The Kier molecular flexibility index (Phi) is 6.22. The number of nitrogens with two attached hydrogens (primary N) is 1. The first-order chi connectivity index (χ1) is 13.3. The van der Waals surface area contributed by atoms with E-state index in [0.717, 1.165) is 18.4 Å². The molecule has 0 radical (unpaired) electrons. The van der Waals surface area contributed by atoms with Gasteiger partial charge in [0.05, 0.1) is 16.6 Å². The monoisotopic (exact) mass is 408 g/mol. The quantitative estimate of drug-likeness (QED) is 0.535. The van der Waals surface area contributed by atoms with Crippen molar-refractivity contribution in [2.24, 2.45) is 11.7 Å². The zero-order valence-electron chi connectivity index (χ0n) is 15.2. The van der Waals surface area contributed by atoms with Crippen molar-refractivity contribution in [3.63, 3.8) is 0 Å². The molecule has 0 aliphatic carbocycles. The van der Waals surface area contributed by atoms with Crippen LogP contribution in [0, 0.1) is 17.6 Å². The number of sulfone groups is 1. The lowest BCUT2D eigenvalue weighted by Gasteiger charge is -2.40. The van der Waals surface area contributed by atoms with Crippen molar-refractivity contribution in [1.29, 1.82) is 0 Å². The molecule has 1 heterocycles. The summed E-state index contributed by atoms with van der Waals surface area (Å²) in [5, 5.41) is 0. The predicted octanol–water partition coefficient (Wildman–Crippen LogP) is 2.11. The SMILES string of the molecule is NCc1cc(F)ccc1C(C=O)CN1CC(CS(=O)(=O)c2ccc(F)cc2)C1. The van der Waals surface area contributed by atoms with Gasteiger partial charge in [-0.2, -0.15) is 0 Å². The van der Waals surface area contributed by atoms with E-state index in [1.165, 1.54) is 24.3 Å². The molecule has 0 spiro atoms. The maximum Gasteiger partial charge on any atom is 0.178 e. The van der Waals surface area contributed by atoms with Crippen LogP contribution in [0.15, 0.2) is 47.4 Å². The lowest BCUT2D eigenvalue weighted by atomic mass is 9.92. The molecule has 0 bridgehead atoms. The molecule has 0 aromatic heterocycles.